The second-order valence-electron chi connectivity index (χ2n) is 11.4. The third-order valence-electron chi connectivity index (χ3n) is 7.12. The van der Waals surface area contributed by atoms with Crippen LogP contribution in [0.15, 0.2) is 24.4 Å². The number of amides is 2. The quantitative estimate of drug-likeness (QED) is 0.418. The monoisotopic (exact) mass is 608 g/mol. The third-order valence-corrected chi connectivity index (χ3v) is 7.68. The first kappa shape index (κ1) is 30.9. The summed E-state index contributed by atoms with van der Waals surface area (Å²) >= 11 is 12.4. The Hall–Kier alpha value is -3.02. The third kappa shape index (κ3) is 7.64. The average Bonchev–Trinajstić information content (AvgIpc) is 3.39. The van der Waals surface area contributed by atoms with E-state index >= 15 is 0 Å². The summed E-state index contributed by atoms with van der Waals surface area (Å²) in [6.45, 7) is 8.51. The molecule has 1 aromatic heterocycles. The molecule has 4 rings (SSSR count). The van der Waals surface area contributed by atoms with E-state index in [1.54, 1.807) is 39.1 Å². The first-order valence-corrected chi connectivity index (χ1v) is 14.5. The van der Waals surface area contributed by atoms with Crippen LogP contribution in [0.3, 0.4) is 0 Å². The summed E-state index contributed by atoms with van der Waals surface area (Å²) < 4.78 is 10.9. The number of β-amino-alcohol motifs (C(OH)–C–C–N with tert-alkyl or cyclic N) is 1. The van der Waals surface area contributed by atoms with Crippen molar-refractivity contribution in [3.63, 3.8) is 0 Å². The summed E-state index contributed by atoms with van der Waals surface area (Å²) in [4.78, 5) is 38.2. The Kier molecular flexibility index (Phi) is 9.71. The Balaban J connectivity index is 1.39. The minimum atomic E-state index is -0.863. The summed E-state index contributed by atoms with van der Waals surface area (Å²) in [5.74, 6) is 1.07. The number of benzene rings is 1. The van der Waals surface area contributed by atoms with Gasteiger partial charge in [-0.05, 0) is 64.7 Å². The van der Waals surface area contributed by atoms with E-state index in [9.17, 15) is 14.7 Å². The maximum Gasteiger partial charge on any atom is 0.410 e. The Morgan fingerprint density at radius 2 is 1.95 bits per heavy atom. The molecule has 4 atom stereocenters. The highest BCUT2D eigenvalue weighted by Gasteiger charge is 2.39. The molecule has 0 saturated carbocycles. The van der Waals surface area contributed by atoms with Crippen molar-refractivity contribution in [1.29, 1.82) is 0 Å². The van der Waals surface area contributed by atoms with Gasteiger partial charge in [0, 0.05) is 29.7 Å². The number of aliphatic hydroxyl groups is 1. The van der Waals surface area contributed by atoms with Crippen molar-refractivity contribution in [3.05, 3.63) is 40.0 Å². The number of carbonyl (C=O) groups is 2. The van der Waals surface area contributed by atoms with Gasteiger partial charge in [-0.25, -0.2) is 9.78 Å². The summed E-state index contributed by atoms with van der Waals surface area (Å²) in [5, 5.41) is 18.3. The van der Waals surface area contributed by atoms with E-state index in [1.807, 2.05) is 17.9 Å². The van der Waals surface area contributed by atoms with Gasteiger partial charge in [0.15, 0.2) is 11.6 Å². The first-order chi connectivity index (χ1) is 19.4. The average molecular weight is 610 g/mol. The second kappa shape index (κ2) is 12.9. The van der Waals surface area contributed by atoms with Gasteiger partial charge in [0.2, 0.25) is 11.9 Å². The smallest absolute Gasteiger partial charge is 0.410 e. The number of aliphatic hydroxyl groups excluding tert-OH is 1. The van der Waals surface area contributed by atoms with Crippen LogP contribution in [0.2, 0.25) is 10.0 Å². The zero-order chi connectivity index (χ0) is 29.9. The molecule has 2 saturated heterocycles. The van der Waals surface area contributed by atoms with Gasteiger partial charge in [0.25, 0.3) is 0 Å². The molecule has 13 heteroatoms. The Morgan fingerprint density at radius 3 is 2.61 bits per heavy atom. The van der Waals surface area contributed by atoms with Crippen molar-refractivity contribution in [3.8, 4) is 5.75 Å². The van der Waals surface area contributed by atoms with Crippen molar-refractivity contribution in [2.24, 2.45) is 0 Å². The van der Waals surface area contributed by atoms with Gasteiger partial charge in [-0.3, -0.25) is 9.69 Å². The van der Waals surface area contributed by atoms with Gasteiger partial charge in [0.1, 0.15) is 11.6 Å². The first-order valence-electron chi connectivity index (χ1n) is 13.7. The number of hydrogen-bond donors (Lipinski definition) is 3. The van der Waals surface area contributed by atoms with Gasteiger partial charge in [-0.1, -0.05) is 29.3 Å². The van der Waals surface area contributed by atoms with E-state index in [0.29, 0.717) is 59.9 Å². The van der Waals surface area contributed by atoms with Crippen LogP contribution >= 0.6 is 23.2 Å². The van der Waals surface area contributed by atoms with Crippen LogP contribution in [0, 0.1) is 0 Å². The maximum atomic E-state index is 13.1. The van der Waals surface area contributed by atoms with Gasteiger partial charge < -0.3 is 30.1 Å². The van der Waals surface area contributed by atoms with Crippen LogP contribution < -0.4 is 20.3 Å². The molecular weight excluding hydrogens is 571 g/mol. The van der Waals surface area contributed by atoms with Crippen molar-refractivity contribution in [1.82, 2.24) is 20.2 Å². The highest BCUT2D eigenvalue weighted by molar-refractivity contribution is 6.35. The summed E-state index contributed by atoms with van der Waals surface area (Å²) in [6.07, 6.45) is 1.95. The Bertz CT molecular complexity index is 1260. The predicted octanol–water partition coefficient (Wildman–Crippen LogP) is 4.42. The highest BCUT2D eigenvalue weighted by atomic mass is 35.5. The van der Waals surface area contributed by atoms with Crippen LogP contribution in [0.25, 0.3) is 0 Å². The van der Waals surface area contributed by atoms with Gasteiger partial charge in [0.05, 0.1) is 31.5 Å². The lowest BCUT2D eigenvalue weighted by atomic mass is 10.0. The molecule has 3 heterocycles. The van der Waals surface area contributed by atoms with Crippen molar-refractivity contribution in [2.75, 3.05) is 37.0 Å². The molecule has 0 radical (unpaired) electrons. The van der Waals surface area contributed by atoms with E-state index < -0.39 is 29.9 Å². The van der Waals surface area contributed by atoms with Crippen molar-refractivity contribution in [2.45, 2.75) is 76.8 Å². The minimum Gasteiger partial charge on any atom is -0.491 e. The summed E-state index contributed by atoms with van der Waals surface area (Å²) in [5.41, 5.74) is 0.196. The number of hydrogen-bond acceptors (Lipinski definition) is 9. The molecule has 2 aromatic rings. The Morgan fingerprint density at radius 1 is 1.20 bits per heavy atom. The van der Waals surface area contributed by atoms with Crippen LogP contribution in [-0.2, 0) is 9.53 Å². The molecule has 2 amide bonds. The maximum absolute atomic E-state index is 13.1. The fourth-order valence-electron chi connectivity index (χ4n) is 5.04. The SMILES string of the molecule is COc1cnc(N2CC[C@H](NC(=O)[C@H]3CCCN3C(=O)OC(C)(C)C)[C@@H](O)C2)nc1N[C@H](C)c1ccc(Cl)cc1Cl. The molecule has 3 N–H and O–H groups in total. The largest absolute Gasteiger partial charge is 0.491 e. The van der Waals surface area contributed by atoms with E-state index in [1.165, 1.54) is 12.0 Å². The van der Waals surface area contributed by atoms with Crippen LogP contribution in [-0.4, -0.2) is 82.5 Å². The van der Waals surface area contributed by atoms with Gasteiger partial charge in [-0.2, -0.15) is 4.98 Å². The molecule has 41 heavy (non-hydrogen) atoms. The molecule has 0 spiro atoms. The lowest BCUT2D eigenvalue weighted by molar-refractivity contribution is -0.127. The molecule has 0 aliphatic carbocycles. The van der Waals surface area contributed by atoms with Crippen LogP contribution in [0.1, 0.15) is 58.6 Å². The van der Waals surface area contributed by atoms with Crippen molar-refractivity contribution >= 4 is 47.0 Å². The second-order valence-corrected chi connectivity index (χ2v) is 12.2. The number of nitrogens with zero attached hydrogens (tertiary/aromatic N) is 4. The number of nitrogens with one attached hydrogen (secondary N) is 2. The number of anilines is 2. The lowest BCUT2D eigenvalue weighted by Crippen LogP contribution is -2.57. The van der Waals surface area contributed by atoms with E-state index in [4.69, 9.17) is 32.7 Å². The zero-order valence-corrected chi connectivity index (χ0v) is 25.5. The molecule has 0 unspecified atom stereocenters. The standard InChI is InChI=1S/C28H38Cl2N6O5/c1-16(18-9-8-17(29)13-19(18)30)32-24-23(40-5)14-31-26(34-24)35-12-10-20(22(37)15-35)33-25(38)21-7-6-11-36(21)27(39)41-28(2,3)4/h8-9,13-14,16,20-22,37H,6-7,10-12,15H2,1-5H3,(H,33,38)(H,31,32,34)/t16-,20+,21-,22+/m1/s1. The molecular formula is C28H38Cl2N6O5. The number of carbonyl (C=O) groups excluding carboxylic acids is 2. The lowest BCUT2D eigenvalue weighted by Gasteiger charge is -2.37. The number of halogens is 2. The molecule has 1 aromatic carbocycles. The number of rotatable bonds is 7. The highest BCUT2D eigenvalue weighted by Crippen LogP contribution is 2.32. The fourth-order valence-corrected chi connectivity index (χ4v) is 5.61. The number of methoxy groups -OCH3 is 1. The number of ether oxygens (including phenoxy) is 2. The normalized spacial score (nSPS) is 21.8. The van der Waals surface area contributed by atoms with Crippen LogP contribution in [0.4, 0.5) is 16.6 Å². The van der Waals surface area contributed by atoms with Crippen LogP contribution in [0.5, 0.6) is 5.75 Å². The minimum absolute atomic E-state index is 0.209. The molecule has 2 aliphatic rings. The summed E-state index contributed by atoms with van der Waals surface area (Å²) in [6, 6.07) is 4.01. The number of aromatic nitrogens is 2. The zero-order valence-electron chi connectivity index (χ0n) is 24.0. The van der Waals surface area contributed by atoms with E-state index in [-0.39, 0.29) is 18.5 Å². The molecule has 2 fully saturated rings. The molecule has 224 valence electrons. The topological polar surface area (TPSA) is 129 Å². The summed E-state index contributed by atoms with van der Waals surface area (Å²) in [7, 11) is 1.54. The predicted molar refractivity (Wildman–Crippen MR) is 158 cm³/mol. The Labute approximate surface area is 250 Å². The molecule has 0 bridgehead atoms. The van der Waals surface area contributed by atoms with E-state index in [0.717, 1.165) is 5.56 Å². The molecule has 11 nitrogen and oxygen atoms in total. The van der Waals surface area contributed by atoms with Gasteiger partial charge >= 0.3 is 6.09 Å². The number of piperidine rings is 1. The van der Waals surface area contributed by atoms with Crippen molar-refractivity contribution < 1.29 is 24.2 Å². The molecule has 2 aliphatic heterocycles. The number of likely N-dealkylation sites (tertiary alicyclic amines) is 1. The van der Waals surface area contributed by atoms with E-state index in [2.05, 4.69) is 20.6 Å². The fraction of sp³-hybridized carbons (Fsp3) is 0.571. The van der Waals surface area contributed by atoms with Gasteiger partial charge in [-0.15, -0.1) is 0 Å².